The molecule has 1 aromatic heterocycles. The van der Waals surface area contributed by atoms with Crippen molar-refractivity contribution in [2.45, 2.75) is 24.8 Å². The van der Waals surface area contributed by atoms with E-state index in [4.69, 9.17) is 5.26 Å². The van der Waals surface area contributed by atoms with Gasteiger partial charge in [0.25, 0.3) is 0 Å². The van der Waals surface area contributed by atoms with Crippen LogP contribution in [0.3, 0.4) is 0 Å². The number of carbonyl (C=O) groups excluding carboxylic acids is 1. The van der Waals surface area contributed by atoms with Crippen LogP contribution in [0.15, 0.2) is 23.2 Å². The van der Waals surface area contributed by atoms with Gasteiger partial charge >= 0.3 is 5.97 Å². The Bertz CT molecular complexity index is 617. The lowest BCUT2D eigenvalue weighted by molar-refractivity contribution is -0.143. The van der Waals surface area contributed by atoms with E-state index in [0.717, 1.165) is 6.20 Å². The molecule has 0 aromatic carbocycles. The summed E-state index contributed by atoms with van der Waals surface area (Å²) in [6.45, 7) is 3.39. The van der Waals surface area contributed by atoms with Crippen molar-refractivity contribution in [3.05, 3.63) is 24.0 Å². The highest BCUT2D eigenvalue weighted by Crippen LogP contribution is 2.12. The number of esters is 1. The number of nitrogens with one attached hydrogen (secondary N) is 1. The lowest BCUT2D eigenvalue weighted by Gasteiger charge is -2.19. The number of sulfonamides is 1. The zero-order valence-electron chi connectivity index (χ0n) is 11.3. The Kier molecular flexibility index (Phi) is 5.19. The first-order valence-corrected chi connectivity index (χ1v) is 7.26. The quantitative estimate of drug-likeness (QED) is 0.789. The molecule has 108 valence electrons. The molecule has 0 aliphatic carbocycles. The maximum Gasteiger partial charge on any atom is 0.324 e. The highest BCUT2D eigenvalue weighted by Gasteiger charge is 2.29. The van der Waals surface area contributed by atoms with Gasteiger partial charge in [-0.05, 0) is 18.1 Å². The predicted molar refractivity (Wildman–Crippen MR) is 69.9 cm³/mol. The van der Waals surface area contributed by atoms with Gasteiger partial charge in [0, 0.05) is 6.20 Å². The van der Waals surface area contributed by atoms with Crippen LogP contribution in [-0.2, 0) is 19.6 Å². The second-order valence-corrected chi connectivity index (χ2v) is 6.07. The Morgan fingerprint density at radius 3 is 2.50 bits per heavy atom. The van der Waals surface area contributed by atoms with Crippen molar-refractivity contribution in [3.63, 3.8) is 0 Å². The van der Waals surface area contributed by atoms with Crippen molar-refractivity contribution >= 4 is 16.0 Å². The van der Waals surface area contributed by atoms with E-state index in [1.165, 1.54) is 19.2 Å². The Balaban J connectivity index is 3.03. The molecule has 0 bridgehead atoms. The molecule has 0 radical (unpaired) electrons. The Morgan fingerprint density at radius 2 is 2.10 bits per heavy atom. The molecule has 1 N–H and O–H groups in total. The van der Waals surface area contributed by atoms with Crippen molar-refractivity contribution < 1.29 is 17.9 Å². The molecule has 0 spiro atoms. The van der Waals surface area contributed by atoms with Crippen LogP contribution >= 0.6 is 0 Å². The molecule has 0 aliphatic heterocycles. The number of pyridine rings is 1. The Morgan fingerprint density at radius 1 is 1.45 bits per heavy atom. The molecule has 0 saturated carbocycles. The van der Waals surface area contributed by atoms with Gasteiger partial charge in [0.2, 0.25) is 10.0 Å². The largest absolute Gasteiger partial charge is 0.468 e. The minimum absolute atomic E-state index is 0.109. The third-order valence-corrected chi connectivity index (χ3v) is 3.99. The van der Waals surface area contributed by atoms with Crippen LogP contribution in [0.25, 0.3) is 0 Å². The summed E-state index contributed by atoms with van der Waals surface area (Å²) in [6, 6.07) is 3.35. The van der Waals surface area contributed by atoms with Crippen molar-refractivity contribution in [2.75, 3.05) is 7.11 Å². The number of nitriles is 1. The highest BCUT2D eigenvalue weighted by molar-refractivity contribution is 7.89. The van der Waals surface area contributed by atoms with E-state index in [-0.39, 0.29) is 16.5 Å². The van der Waals surface area contributed by atoms with E-state index in [2.05, 4.69) is 14.4 Å². The molecule has 1 aromatic rings. The van der Waals surface area contributed by atoms with E-state index in [9.17, 15) is 13.2 Å². The van der Waals surface area contributed by atoms with Gasteiger partial charge in [-0.2, -0.15) is 9.98 Å². The monoisotopic (exact) mass is 297 g/mol. The number of ether oxygens (including phenoxy) is 1. The van der Waals surface area contributed by atoms with Gasteiger partial charge in [0.15, 0.2) is 0 Å². The maximum atomic E-state index is 12.1. The normalized spacial score (nSPS) is 12.8. The second kappa shape index (κ2) is 6.45. The number of hydrogen-bond donors (Lipinski definition) is 1. The van der Waals surface area contributed by atoms with Crippen LogP contribution in [0.5, 0.6) is 0 Å². The third-order valence-electron chi connectivity index (χ3n) is 2.57. The molecule has 8 heteroatoms. The minimum Gasteiger partial charge on any atom is -0.468 e. The molecule has 1 atom stereocenters. The van der Waals surface area contributed by atoms with Gasteiger partial charge in [-0.15, -0.1) is 0 Å². The molecule has 1 rings (SSSR count). The third kappa shape index (κ3) is 3.76. The number of nitrogens with zero attached hydrogens (tertiary/aromatic N) is 2. The SMILES string of the molecule is COC(=O)C(NS(=O)(=O)c1ccc(C#N)nc1)C(C)C. The van der Waals surface area contributed by atoms with Crippen molar-refractivity contribution in [1.29, 1.82) is 5.26 Å². The number of aromatic nitrogens is 1. The molecule has 1 heterocycles. The molecule has 0 saturated heterocycles. The zero-order chi connectivity index (χ0) is 15.3. The fourth-order valence-corrected chi connectivity index (χ4v) is 2.70. The van der Waals surface area contributed by atoms with E-state index in [1.807, 2.05) is 0 Å². The number of carbonyl (C=O) groups is 1. The van der Waals surface area contributed by atoms with Gasteiger partial charge in [0.05, 0.1) is 7.11 Å². The van der Waals surface area contributed by atoms with Crippen LogP contribution in [0, 0.1) is 17.2 Å². The highest BCUT2D eigenvalue weighted by atomic mass is 32.2. The molecule has 0 amide bonds. The van der Waals surface area contributed by atoms with Gasteiger partial charge in [-0.25, -0.2) is 13.4 Å². The fraction of sp³-hybridized carbons (Fsp3) is 0.417. The summed E-state index contributed by atoms with van der Waals surface area (Å²) in [5.41, 5.74) is 0.109. The van der Waals surface area contributed by atoms with Crippen molar-refractivity contribution in [1.82, 2.24) is 9.71 Å². The first-order valence-electron chi connectivity index (χ1n) is 5.78. The first kappa shape index (κ1) is 16.1. The fourth-order valence-electron chi connectivity index (χ4n) is 1.42. The number of hydrogen-bond acceptors (Lipinski definition) is 6. The predicted octanol–water partition coefficient (Wildman–Crippen LogP) is 0.429. The van der Waals surface area contributed by atoms with Crippen LogP contribution in [0.4, 0.5) is 0 Å². The van der Waals surface area contributed by atoms with Crippen LogP contribution < -0.4 is 4.72 Å². The van der Waals surface area contributed by atoms with E-state index in [0.29, 0.717) is 0 Å². The van der Waals surface area contributed by atoms with Crippen LogP contribution in [-0.4, -0.2) is 32.5 Å². The van der Waals surface area contributed by atoms with Gasteiger partial charge in [0.1, 0.15) is 22.7 Å². The van der Waals surface area contributed by atoms with Crippen molar-refractivity contribution in [3.8, 4) is 6.07 Å². The summed E-state index contributed by atoms with van der Waals surface area (Å²) < 4.78 is 31.1. The van der Waals surface area contributed by atoms with E-state index < -0.39 is 22.0 Å². The molecule has 0 aliphatic rings. The molecular formula is C12H15N3O4S. The maximum absolute atomic E-state index is 12.1. The first-order chi connectivity index (χ1) is 9.31. The summed E-state index contributed by atoms with van der Waals surface area (Å²) in [5.74, 6) is -0.936. The summed E-state index contributed by atoms with van der Waals surface area (Å²) >= 11 is 0. The van der Waals surface area contributed by atoms with Gasteiger partial charge in [-0.1, -0.05) is 13.8 Å². The lowest BCUT2D eigenvalue weighted by Crippen LogP contribution is -2.44. The summed E-state index contributed by atoms with van der Waals surface area (Å²) in [6.07, 6.45) is 1.07. The molecule has 0 fully saturated rings. The summed E-state index contributed by atoms with van der Waals surface area (Å²) in [4.78, 5) is 15.1. The smallest absolute Gasteiger partial charge is 0.324 e. The average Bonchev–Trinajstić information content (AvgIpc) is 2.43. The van der Waals surface area contributed by atoms with Gasteiger partial charge < -0.3 is 4.74 Å². The number of methoxy groups -OCH3 is 1. The van der Waals surface area contributed by atoms with E-state index >= 15 is 0 Å². The lowest BCUT2D eigenvalue weighted by atomic mass is 10.1. The topological polar surface area (TPSA) is 109 Å². The standard InChI is InChI=1S/C12H15N3O4S/c1-8(2)11(12(16)19-3)15-20(17,18)10-5-4-9(6-13)14-7-10/h4-5,7-8,11,15H,1-3H3. The van der Waals surface area contributed by atoms with E-state index in [1.54, 1.807) is 19.9 Å². The minimum atomic E-state index is -3.91. The van der Waals surface area contributed by atoms with Crippen molar-refractivity contribution in [2.24, 2.45) is 5.92 Å². The van der Waals surface area contributed by atoms with Crippen LogP contribution in [0.2, 0.25) is 0 Å². The molecule has 20 heavy (non-hydrogen) atoms. The molecule has 7 nitrogen and oxygen atoms in total. The van der Waals surface area contributed by atoms with Gasteiger partial charge in [-0.3, -0.25) is 4.79 Å². The van der Waals surface area contributed by atoms with Crippen LogP contribution in [0.1, 0.15) is 19.5 Å². The molecular weight excluding hydrogens is 282 g/mol. The zero-order valence-corrected chi connectivity index (χ0v) is 12.1. The second-order valence-electron chi connectivity index (χ2n) is 4.36. The number of rotatable bonds is 5. The molecule has 1 unspecified atom stereocenters. The average molecular weight is 297 g/mol. The summed E-state index contributed by atoms with van der Waals surface area (Å²) in [5, 5.41) is 8.62. The summed E-state index contributed by atoms with van der Waals surface area (Å²) in [7, 11) is -2.72. The Hall–Kier alpha value is -1.98. The Labute approximate surface area is 117 Å².